The minimum Gasteiger partial charge on any atom is -0.388 e. The minimum atomic E-state index is -5.42. The molecule has 3 fully saturated rings. The van der Waals surface area contributed by atoms with Crippen molar-refractivity contribution in [2.24, 2.45) is 5.92 Å². The molecule has 34 nitrogen and oxygen atoms in total. The van der Waals surface area contributed by atoms with Crippen LogP contribution in [0.3, 0.4) is 0 Å². The number of nitrogens with one attached hydrogen (secondary N) is 3. The molecule has 3 aliphatic rings. The highest BCUT2D eigenvalue weighted by Crippen LogP contribution is 2.52. The summed E-state index contributed by atoms with van der Waals surface area (Å²) in [6, 6.07) is 0. The molecule has 5 unspecified atom stereocenters. The molecule has 0 spiro atoms. The number of aromatic nitrogens is 12. The second-order valence-electron chi connectivity index (χ2n) is 19.7. The molecule has 3 aliphatic heterocycles. The van der Waals surface area contributed by atoms with E-state index in [0.717, 1.165) is 49.0 Å². The molecule has 82 heavy (non-hydrogen) atoms. The van der Waals surface area contributed by atoms with E-state index in [9.17, 15) is 58.1 Å². The van der Waals surface area contributed by atoms with Crippen LogP contribution in [0.15, 0.2) is 52.3 Å². The molecule has 37 heteroatoms. The first-order valence-corrected chi connectivity index (χ1v) is 30.9. The van der Waals surface area contributed by atoms with Crippen LogP contribution in [0.4, 0.5) is 0 Å². The van der Waals surface area contributed by atoms with Gasteiger partial charge in [-0.3, -0.25) is 55.2 Å². The van der Waals surface area contributed by atoms with Gasteiger partial charge in [0.1, 0.15) is 42.7 Å². The number of rotatable bonds is 29. The number of hydrogen-bond acceptors (Lipinski definition) is 25. The van der Waals surface area contributed by atoms with Crippen LogP contribution in [-0.4, -0.2) is 176 Å². The Morgan fingerprint density at radius 1 is 0.537 bits per heavy atom. The van der Waals surface area contributed by atoms with Gasteiger partial charge in [-0.2, -0.15) is 0 Å². The normalized spacial score (nSPS) is 28.6. The van der Waals surface area contributed by atoms with E-state index in [4.69, 9.17) is 46.1 Å². The summed E-state index contributed by atoms with van der Waals surface area (Å²) in [7, 11) is -15.6. The molecule has 16 atom stereocenters. The number of imidazole rings is 3. The Morgan fingerprint density at radius 3 is 1.45 bits per heavy atom. The van der Waals surface area contributed by atoms with Crippen molar-refractivity contribution >= 4 is 57.0 Å². The summed E-state index contributed by atoms with van der Waals surface area (Å²) in [5, 5.41) is 35.3. The fourth-order valence-electron chi connectivity index (χ4n) is 10.0. The zero-order valence-electron chi connectivity index (χ0n) is 44.6. The molecule has 452 valence electrons. The molecule has 0 aromatic carbocycles. The van der Waals surface area contributed by atoms with Crippen LogP contribution in [-0.2, 0) is 59.8 Å². The van der Waals surface area contributed by atoms with Gasteiger partial charge in [-0.1, -0.05) is 53.4 Å². The molecule has 0 amide bonds. The number of phosphoric acid groups is 3. The summed E-state index contributed by atoms with van der Waals surface area (Å²) in [6.45, 7) is 4.16. The van der Waals surface area contributed by atoms with Crippen LogP contribution in [0.1, 0.15) is 97.7 Å². The van der Waals surface area contributed by atoms with E-state index in [1.54, 1.807) is 0 Å². The smallest absolute Gasteiger partial charge is 0.388 e. The molecule has 0 aliphatic carbocycles. The molecule has 0 radical (unpaired) electrons. The molecule has 0 saturated carbocycles. The number of phosphoric ester groups is 3. The molecule has 9 rings (SSSR count). The lowest BCUT2D eigenvalue weighted by Crippen LogP contribution is -2.40. The minimum absolute atomic E-state index is 0.0290. The molecular weight excluding hydrogens is 1150 g/mol. The quantitative estimate of drug-likeness (QED) is 0.0303. The topological polar surface area (TPSA) is 456 Å². The van der Waals surface area contributed by atoms with E-state index in [1.165, 1.54) is 15.5 Å². The number of aromatic amines is 3. The Labute approximate surface area is 464 Å². The fraction of sp³-hybridized carbons (Fsp3) is 0.667. The van der Waals surface area contributed by atoms with Crippen molar-refractivity contribution in [2.75, 3.05) is 26.4 Å². The third-order valence-electron chi connectivity index (χ3n) is 14.1. The van der Waals surface area contributed by atoms with Crippen molar-refractivity contribution in [3.8, 4) is 0 Å². The molecule has 9 N–H and O–H groups in total. The number of nitrogens with zero attached hydrogens (tertiary/aromatic N) is 9. The van der Waals surface area contributed by atoms with Gasteiger partial charge in [0.25, 0.3) is 16.7 Å². The summed E-state index contributed by atoms with van der Waals surface area (Å²) < 4.78 is 102. The van der Waals surface area contributed by atoms with Crippen LogP contribution in [0, 0.1) is 5.92 Å². The highest BCUT2D eigenvalue weighted by atomic mass is 31.2. The van der Waals surface area contributed by atoms with Crippen molar-refractivity contribution in [1.29, 1.82) is 0 Å². The Bertz CT molecular complexity index is 3460. The monoisotopic (exact) mass is 1220 g/mol. The second kappa shape index (κ2) is 26.2. The van der Waals surface area contributed by atoms with Gasteiger partial charge in [-0.05, 0) is 25.7 Å². The van der Waals surface area contributed by atoms with Crippen LogP contribution >= 0.6 is 23.5 Å². The first kappa shape index (κ1) is 61.7. The molecule has 6 aromatic heterocycles. The zero-order valence-corrected chi connectivity index (χ0v) is 47.3. The van der Waals surface area contributed by atoms with Crippen molar-refractivity contribution in [3.05, 3.63) is 69.0 Å². The summed E-state index contributed by atoms with van der Waals surface area (Å²) >= 11 is 0. The lowest BCUT2D eigenvalue weighted by molar-refractivity contribution is -0.0935. The van der Waals surface area contributed by atoms with Gasteiger partial charge in [-0.25, -0.2) is 43.6 Å². The number of aliphatic hydroxyl groups excluding tert-OH is 3. The third-order valence-corrected chi connectivity index (χ3v) is 17.1. The van der Waals surface area contributed by atoms with E-state index < -0.39 is 152 Å². The molecule has 3 saturated heterocycles. The van der Waals surface area contributed by atoms with Crippen LogP contribution in [0.25, 0.3) is 33.5 Å². The second-order valence-corrected chi connectivity index (χ2v) is 24.0. The van der Waals surface area contributed by atoms with Crippen molar-refractivity contribution in [1.82, 2.24) is 58.6 Å². The number of unbranched alkanes of at least 4 members (excludes halogenated alkanes) is 1. The molecule has 9 heterocycles. The standard InChI is InChI=1S/C45H65N12O22P3/c1-5-9-12-23(8-4)74-35-27(76-44(33(35)59)56-21-53-30-38(56)47-18-50-41(30)62)15-73-82(68,69)79-36-28(77-45(34(36)60)57-22-54-31-39(57)48-19-51-42(31)63)16-71-80(64,65)70-13-25-26(14-72-81(66,67)78-24(10-6-2)11-7-3)75-43(32(25)58)55-20-52-29-37(55)46-17-49-40(29)61/h17-28,32-36,43-45,58-60H,5-16H2,1-4H3,(H,64,65)(H,66,67)(H,68,69)(H,46,49,61)(H,47,50,62)(H,48,51,63)/t23?,25?,26-,27-,28-,32+,33+,34+,35+,36+,43-,44-,45-/m1/s1. The van der Waals surface area contributed by atoms with E-state index in [2.05, 4.69) is 44.9 Å². The maximum atomic E-state index is 14.1. The van der Waals surface area contributed by atoms with Crippen LogP contribution in [0.5, 0.6) is 0 Å². The third kappa shape index (κ3) is 13.6. The highest BCUT2D eigenvalue weighted by Gasteiger charge is 2.53. The SMILES string of the molecule is CCCCC(CC)O[C@@H]1[C@H](O)[C@H](n2cnc3c(=O)[nH]cnc32)O[C@@H]1COP(=O)(O)O[C@@H]1[C@H](O)[C@H](n2cnc3c(=O)[nH]cnc32)O[C@@H]1COP(=O)(O)OCC1[C@@H](COP(=O)(O)OC(CCC)CCC)O[C@@H](n2cnc3c(=O)[nH]cnc32)[C@H]1O. The van der Waals surface area contributed by atoms with Gasteiger partial charge >= 0.3 is 23.5 Å². The lowest BCUT2D eigenvalue weighted by atomic mass is 9.99. The van der Waals surface area contributed by atoms with Gasteiger partial charge in [0.05, 0.1) is 82.7 Å². The zero-order chi connectivity index (χ0) is 58.7. The summed E-state index contributed by atoms with van der Waals surface area (Å²) in [5.74, 6) is -1.36. The summed E-state index contributed by atoms with van der Waals surface area (Å²) in [5.41, 5.74) is -2.32. The summed E-state index contributed by atoms with van der Waals surface area (Å²) in [6.07, 6.45) is -6.54. The number of hydrogen-bond donors (Lipinski definition) is 9. The summed E-state index contributed by atoms with van der Waals surface area (Å²) in [4.78, 5) is 103. The Morgan fingerprint density at radius 2 is 0.963 bits per heavy atom. The average molecular weight is 1220 g/mol. The Kier molecular flexibility index (Phi) is 19.7. The van der Waals surface area contributed by atoms with Gasteiger partial charge < -0.3 is 63.9 Å². The average Bonchev–Trinajstić information content (AvgIpc) is 4.37. The maximum Gasteiger partial charge on any atom is 0.472 e. The van der Waals surface area contributed by atoms with E-state index in [-0.39, 0.29) is 33.5 Å². The first-order chi connectivity index (χ1) is 39.2. The van der Waals surface area contributed by atoms with E-state index >= 15 is 0 Å². The molecular formula is C45H65N12O22P3. The van der Waals surface area contributed by atoms with Gasteiger partial charge in [0.15, 0.2) is 52.2 Å². The van der Waals surface area contributed by atoms with Crippen LogP contribution < -0.4 is 16.7 Å². The van der Waals surface area contributed by atoms with Gasteiger partial charge in [0, 0.05) is 5.92 Å². The van der Waals surface area contributed by atoms with Crippen molar-refractivity contribution in [3.63, 3.8) is 0 Å². The van der Waals surface area contributed by atoms with E-state index in [0.29, 0.717) is 38.5 Å². The number of H-pyrrole nitrogens is 3. The van der Waals surface area contributed by atoms with Gasteiger partial charge in [-0.15, -0.1) is 0 Å². The predicted octanol–water partition coefficient (Wildman–Crippen LogP) is 1.87. The molecule has 0 bridgehead atoms. The fourth-order valence-corrected chi connectivity index (χ4v) is 12.8. The number of ether oxygens (including phenoxy) is 4. The van der Waals surface area contributed by atoms with Gasteiger partial charge in [0.2, 0.25) is 0 Å². The maximum absolute atomic E-state index is 14.1. The van der Waals surface area contributed by atoms with Crippen molar-refractivity contribution < 1.29 is 89.8 Å². The molecule has 6 aromatic rings. The lowest BCUT2D eigenvalue weighted by Gasteiger charge is -2.27. The predicted molar refractivity (Wildman–Crippen MR) is 279 cm³/mol. The first-order valence-electron chi connectivity index (χ1n) is 26.5. The van der Waals surface area contributed by atoms with E-state index in [1.807, 2.05) is 27.7 Å². The van der Waals surface area contributed by atoms with Crippen LogP contribution in [0.2, 0.25) is 0 Å². The highest BCUT2D eigenvalue weighted by molar-refractivity contribution is 7.48. The Hall–Kier alpha value is -4.90. The number of aliphatic hydroxyl groups is 3. The van der Waals surface area contributed by atoms with Crippen molar-refractivity contribution in [2.45, 2.75) is 159 Å². The Balaban J connectivity index is 0.927. The number of fused-ring (bicyclic) bond motifs is 3. The largest absolute Gasteiger partial charge is 0.472 e.